The van der Waals surface area contributed by atoms with Crippen LogP contribution in [0.25, 0.3) is 0 Å². The van der Waals surface area contributed by atoms with Gasteiger partial charge >= 0.3 is 0 Å². The maximum Gasteiger partial charge on any atom is 0.239 e. The van der Waals surface area contributed by atoms with Gasteiger partial charge in [-0.1, -0.05) is 0 Å². The highest BCUT2D eigenvalue weighted by Crippen LogP contribution is 2.17. The summed E-state index contributed by atoms with van der Waals surface area (Å²) in [5.74, 6) is 3.84. The van der Waals surface area contributed by atoms with E-state index >= 15 is 0 Å². The van der Waals surface area contributed by atoms with E-state index in [1.165, 1.54) is 0 Å². The molecule has 3 N–H and O–H groups in total. The van der Waals surface area contributed by atoms with Crippen molar-refractivity contribution < 1.29 is 13.2 Å². The summed E-state index contributed by atoms with van der Waals surface area (Å²) < 4.78 is 21.0. The Kier molecular flexibility index (Phi) is 1.65. The van der Waals surface area contributed by atoms with Crippen molar-refractivity contribution in [2.24, 2.45) is 11.8 Å². The van der Waals surface area contributed by atoms with E-state index in [-0.39, 0.29) is 11.5 Å². The van der Waals surface area contributed by atoms with Gasteiger partial charge in [-0.15, -0.1) is 0 Å². The van der Waals surface area contributed by atoms with Crippen LogP contribution in [-0.2, 0) is 14.6 Å². The minimum absolute atomic E-state index is 0.0595. The van der Waals surface area contributed by atoms with Gasteiger partial charge < -0.3 is 0 Å². The molecule has 58 valence electrons. The summed E-state index contributed by atoms with van der Waals surface area (Å²) in [5.41, 5.74) is 1.90. The van der Waals surface area contributed by atoms with Crippen molar-refractivity contribution in [3.63, 3.8) is 0 Å². The number of rotatable bonds is 1. The molecule has 0 unspecified atom stereocenters. The predicted octanol–water partition coefficient (Wildman–Crippen LogP) is -1.98. The van der Waals surface area contributed by atoms with E-state index in [0.717, 1.165) is 0 Å². The summed E-state index contributed by atoms with van der Waals surface area (Å²) >= 11 is 0. The van der Waals surface area contributed by atoms with Gasteiger partial charge in [-0.25, -0.2) is 14.3 Å². The van der Waals surface area contributed by atoms with E-state index < -0.39 is 21.7 Å². The minimum atomic E-state index is -2.90. The van der Waals surface area contributed by atoms with Crippen molar-refractivity contribution in [1.82, 2.24) is 5.43 Å². The number of hydrogen-bond acceptors (Lipinski definition) is 4. The molecule has 0 aromatic heterocycles. The van der Waals surface area contributed by atoms with Gasteiger partial charge in [-0.2, -0.15) is 0 Å². The van der Waals surface area contributed by atoms with Crippen LogP contribution in [-0.4, -0.2) is 25.8 Å². The van der Waals surface area contributed by atoms with Crippen LogP contribution in [0.2, 0.25) is 0 Å². The molecule has 0 aromatic carbocycles. The van der Waals surface area contributed by atoms with Gasteiger partial charge in [0.05, 0.1) is 17.4 Å². The maximum atomic E-state index is 10.6. The lowest BCUT2D eigenvalue weighted by Crippen LogP contribution is -2.48. The van der Waals surface area contributed by atoms with Crippen molar-refractivity contribution in [3.05, 3.63) is 0 Å². The number of hydrogen-bond donors (Lipinski definition) is 2. The fourth-order valence-electron chi connectivity index (χ4n) is 0.833. The second-order valence-electron chi connectivity index (χ2n) is 2.28. The number of hydrazine groups is 1. The SMILES string of the molecule is NNC(=O)C1CS(=O)(=O)C1. The predicted molar refractivity (Wildman–Crippen MR) is 34.5 cm³/mol. The van der Waals surface area contributed by atoms with Crippen LogP contribution in [0.4, 0.5) is 0 Å². The van der Waals surface area contributed by atoms with Crippen LogP contribution in [0, 0.1) is 5.92 Å². The van der Waals surface area contributed by atoms with Crippen LogP contribution in [0.5, 0.6) is 0 Å². The molecule has 1 amide bonds. The van der Waals surface area contributed by atoms with Gasteiger partial charge in [-0.3, -0.25) is 10.2 Å². The van der Waals surface area contributed by atoms with Gasteiger partial charge in [0.1, 0.15) is 0 Å². The number of amides is 1. The van der Waals surface area contributed by atoms with Gasteiger partial charge in [0.15, 0.2) is 9.84 Å². The molecular weight excluding hydrogens is 156 g/mol. The number of sulfone groups is 1. The highest BCUT2D eigenvalue weighted by Gasteiger charge is 2.38. The first-order chi connectivity index (χ1) is 4.55. The smallest absolute Gasteiger partial charge is 0.239 e. The topological polar surface area (TPSA) is 89.3 Å². The molecule has 0 aromatic rings. The largest absolute Gasteiger partial charge is 0.294 e. The van der Waals surface area contributed by atoms with Crippen molar-refractivity contribution in [3.8, 4) is 0 Å². The molecule has 0 spiro atoms. The third-order valence-electron chi connectivity index (χ3n) is 1.42. The number of carbonyl (C=O) groups is 1. The molecule has 1 aliphatic rings. The molecule has 1 saturated heterocycles. The average Bonchev–Trinajstić information content (AvgIpc) is 1.81. The van der Waals surface area contributed by atoms with Crippen molar-refractivity contribution in [1.29, 1.82) is 0 Å². The molecule has 0 saturated carbocycles. The zero-order chi connectivity index (χ0) is 7.78. The van der Waals surface area contributed by atoms with Gasteiger partial charge in [0.25, 0.3) is 0 Å². The lowest BCUT2D eigenvalue weighted by atomic mass is 10.2. The van der Waals surface area contributed by atoms with Gasteiger partial charge in [-0.05, 0) is 0 Å². The highest BCUT2D eigenvalue weighted by molar-refractivity contribution is 7.92. The number of nitrogens with two attached hydrogens (primary N) is 1. The Morgan fingerprint density at radius 3 is 2.30 bits per heavy atom. The Morgan fingerprint density at radius 1 is 1.50 bits per heavy atom. The first kappa shape index (κ1) is 7.49. The lowest BCUT2D eigenvalue weighted by Gasteiger charge is -2.23. The van der Waals surface area contributed by atoms with Crippen LogP contribution in [0.1, 0.15) is 0 Å². The normalized spacial score (nSPS) is 23.3. The molecule has 0 radical (unpaired) electrons. The van der Waals surface area contributed by atoms with Crippen molar-refractivity contribution in [2.45, 2.75) is 0 Å². The van der Waals surface area contributed by atoms with E-state index in [0.29, 0.717) is 0 Å². The Morgan fingerprint density at radius 2 is 2.00 bits per heavy atom. The summed E-state index contributed by atoms with van der Waals surface area (Å²) in [6.45, 7) is 0. The average molecular weight is 164 g/mol. The van der Waals surface area contributed by atoms with E-state index in [9.17, 15) is 13.2 Å². The zero-order valence-electron chi connectivity index (χ0n) is 5.20. The maximum absolute atomic E-state index is 10.6. The van der Waals surface area contributed by atoms with Crippen LogP contribution < -0.4 is 11.3 Å². The highest BCUT2D eigenvalue weighted by atomic mass is 32.2. The zero-order valence-corrected chi connectivity index (χ0v) is 6.02. The Balaban J connectivity index is 2.48. The molecular formula is C4H8N2O3S. The Bertz CT molecular complexity index is 233. The molecule has 0 atom stereocenters. The fraction of sp³-hybridized carbons (Fsp3) is 0.750. The molecule has 1 fully saturated rings. The summed E-state index contributed by atoms with van der Waals surface area (Å²) in [7, 11) is -2.90. The van der Waals surface area contributed by atoms with Crippen LogP contribution in [0.3, 0.4) is 0 Å². The quantitative estimate of drug-likeness (QED) is 0.267. The van der Waals surface area contributed by atoms with E-state index in [1.54, 1.807) is 0 Å². The second-order valence-corrected chi connectivity index (χ2v) is 4.44. The lowest BCUT2D eigenvalue weighted by molar-refractivity contribution is -0.124. The summed E-state index contributed by atoms with van der Waals surface area (Å²) in [6, 6.07) is 0. The molecule has 1 heterocycles. The monoisotopic (exact) mass is 164 g/mol. The molecule has 10 heavy (non-hydrogen) atoms. The number of carbonyl (C=O) groups excluding carboxylic acids is 1. The summed E-state index contributed by atoms with van der Waals surface area (Å²) in [6.07, 6.45) is 0. The van der Waals surface area contributed by atoms with E-state index in [4.69, 9.17) is 5.84 Å². The number of nitrogens with one attached hydrogen (secondary N) is 1. The first-order valence-electron chi connectivity index (χ1n) is 2.76. The molecule has 6 heteroatoms. The molecule has 0 aliphatic carbocycles. The van der Waals surface area contributed by atoms with E-state index in [1.807, 2.05) is 5.43 Å². The Hall–Kier alpha value is -0.620. The Labute approximate surface area is 58.5 Å². The molecule has 0 bridgehead atoms. The molecule has 5 nitrogen and oxygen atoms in total. The van der Waals surface area contributed by atoms with Gasteiger partial charge in [0.2, 0.25) is 5.91 Å². The third-order valence-corrected chi connectivity index (χ3v) is 3.24. The minimum Gasteiger partial charge on any atom is -0.294 e. The third kappa shape index (κ3) is 1.27. The van der Waals surface area contributed by atoms with E-state index in [2.05, 4.69) is 0 Å². The molecule has 1 rings (SSSR count). The summed E-state index contributed by atoms with van der Waals surface area (Å²) in [5, 5.41) is 0. The standard InChI is InChI=1S/C4H8N2O3S/c5-6-4(7)3-1-10(8,9)2-3/h3H,1-2,5H2,(H,6,7). The fourth-order valence-corrected chi connectivity index (χ4v) is 2.26. The van der Waals surface area contributed by atoms with Crippen LogP contribution >= 0.6 is 0 Å². The van der Waals surface area contributed by atoms with Crippen molar-refractivity contribution in [2.75, 3.05) is 11.5 Å². The second kappa shape index (κ2) is 2.21. The first-order valence-corrected chi connectivity index (χ1v) is 4.58. The van der Waals surface area contributed by atoms with Gasteiger partial charge in [0, 0.05) is 0 Å². The van der Waals surface area contributed by atoms with Crippen molar-refractivity contribution >= 4 is 15.7 Å². The van der Waals surface area contributed by atoms with Crippen LogP contribution in [0.15, 0.2) is 0 Å². The summed E-state index contributed by atoms with van der Waals surface area (Å²) in [4.78, 5) is 10.6. The molecule has 1 aliphatic heterocycles.